The maximum atomic E-state index is 13.2. The van der Waals surface area contributed by atoms with E-state index in [1.807, 2.05) is 23.1 Å². The van der Waals surface area contributed by atoms with Crippen LogP contribution in [0.4, 0.5) is 5.69 Å². The molecular formula is C21H21ClN2O6S. The van der Waals surface area contributed by atoms with Crippen molar-refractivity contribution in [1.29, 1.82) is 0 Å². The van der Waals surface area contributed by atoms with Gasteiger partial charge in [-0.2, -0.15) is 0 Å². The Morgan fingerprint density at radius 2 is 1.87 bits per heavy atom. The zero-order chi connectivity index (χ0) is 21.8. The van der Waals surface area contributed by atoms with Gasteiger partial charge >= 0.3 is 0 Å². The highest BCUT2D eigenvalue weighted by Crippen LogP contribution is 2.37. The lowest BCUT2D eigenvalue weighted by molar-refractivity contribution is -0.123. The van der Waals surface area contributed by atoms with Gasteiger partial charge in [0.15, 0.2) is 21.3 Å². The number of halogens is 1. The van der Waals surface area contributed by atoms with Crippen LogP contribution in [0, 0.1) is 0 Å². The quantitative estimate of drug-likeness (QED) is 0.684. The Morgan fingerprint density at radius 3 is 2.65 bits per heavy atom. The third-order valence-electron chi connectivity index (χ3n) is 5.94. The van der Waals surface area contributed by atoms with E-state index < -0.39 is 15.9 Å². The largest absolute Gasteiger partial charge is 0.495 e. The van der Waals surface area contributed by atoms with E-state index in [1.54, 1.807) is 23.1 Å². The number of hydrogen-bond donors (Lipinski definition) is 0. The van der Waals surface area contributed by atoms with Gasteiger partial charge in [-0.3, -0.25) is 9.69 Å². The van der Waals surface area contributed by atoms with Gasteiger partial charge in [0.1, 0.15) is 5.75 Å². The van der Waals surface area contributed by atoms with E-state index in [0.29, 0.717) is 34.5 Å². The minimum Gasteiger partial charge on any atom is -0.495 e. The van der Waals surface area contributed by atoms with E-state index in [0.717, 1.165) is 5.56 Å². The molecule has 31 heavy (non-hydrogen) atoms. The van der Waals surface area contributed by atoms with Crippen molar-refractivity contribution in [1.82, 2.24) is 4.90 Å². The molecule has 0 unspecified atom stereocenters. The Balaban J connectivity index is 1.45. The van der Waals surface area contributed by atoms with E-state index in [1.165, 1.54) is 7.11 Å². The lowest BCUT2D eigenvalue weighted by Crippen LogP contribution is -2.61. The van der Waals surface area contributed by atoms with E-state index in [2.05, 4.69) is 0 Å². The number of nitrogens with zero attached hydrogens (tertiary/aromatic N) is 2. The molecule has 0 bridgehead atoms. The first-order valence-electron chi connectivity index (χ1n) is 9.83. The second-order valence-corrected chi connectivity index (χ2v) is 10.4. The minimum absolute atomic E-state index is 0.00981. The van der Waals surface area contributed by atoms with Crippen LogP contribution in [0.2, 0.25) is 5.02 Å². The minimum atomic E-state index is -3.29. The Morgan fingerprint density at radius 1 is 1.10 bits per heavy atom. The number of methoxy groups -OCH3 is 1. The molecule has 0 aliphatic carbocycles. The Bertz CT molecular complexity index is 1150. The summed E-state index contributed by atoms with van der Waals surface area (Å²) >= 11 is 6.26. The normalized spacial score (nSPS) is 24.3. The molecule has 0 aromatic heterocycles. The van der Waals surface area contributed by atoms with Crippen LogP contribution in [0.15, 0.2) is 36.4 Å². The number of amides is 1. The second-order valence-electron chi connectivity index (χ2n) is 7.89. The average molecular weight is 465 g/mol. The van der Waals surface area contributed by atoms with Crippen LogP contribution in [0.3, 0.4) is 0 Å². The predicted octanol–water partition coefficient (Wildman–Crippen LogP) is 2.09. The fraction of sp³-hybridized carbons (Fsp3) is 0.381. The summed E-state index contributed by atoms with van der Waals surface area (Å²) in [6, 6.07) is 9.89. The van der Waals surface area contributed by atoms with Crippen LogP contribution >= 0.6 is 11.6 Å². The van der Waals surface area contributed by atoms with Gasteiger partial charge in [-0.15, -0.1) is 0 Å². The van der Waals surface area contributed by atoms with Gasteiger partial charge < -0.3 is 19.1 Å². The standard InChI is InChI=1S/C21H21ClN2O6S/c1-28-18-5-3-14(7-15(18)22)24-17-11-31(26,27)10-16(17)23(9-21(24)25)8-13-2-4-19-20(6-13)30-12-29-19/h2-7,16-17H,8-12H2,1H3/t16-,17-/m1/s1. The molecule has 2 atom stereocenters. The van der Waals surface area contributed by atoms with Crippen molar-refractivity contribution in [2.24, 2.45) is 0 Å². The van der Waals surface area contributed by atoms with Gasteiger partial charge in [0.2, 0.25) is 12.7 Å². The predicted molar refractivity (Wildman–Crippen MR) is 115 cm³/mol. The Labute approximate surface area is 185 Å². The van der Waals surface area contributed by atoms with Gasteiger partial charge in [-0.1, -0.05) is 17.7 Å². The molecule has 8 nitrogen and oxygen atoms in total. The molecule has 1 amide bonds. The van der Waals surface area contributed by atoms with Gasteiger partial charge in [0, 0.05) is 18.3 Å². The number of fused-ring (bicyclic) bond motifs is 2. The Hall–Kier alpha value is -2.49. The summed E-state index contributed by atoms with van der Waals surface area (Å²) < 4.78 is 41.1. The summed E-state index contributed by atoms with van der Waals surface area (Å²) in [6.45, 7) is 0.731. The summed E-state index contributed by atoms with van der Waals surface area (Å²) in [5, 5.41) is 0.369. The van der Waals surface area contributed by atoms with E-state index in [9.17, 15) is 13.2 Å². The molecule has 2 fully saturated rings. The molecule has 2 saturated heterocycles. The molecule has 10 heteroatoms. The number of ether oxygens (including phenoxy) is 3. The fourth-order valence-corrected chi connectivity index (χ4v) is 6.78. The molecule has 0 saturated carbocycles. The zero-order valence-corrected chi connectivity index (χ0v) is 18.4. The highest BCUT2D eigenvalue weighted by molar-refractivity contribution is 7.91. The molecule has 3 aliphatic rings. The molecule has 2 aromatic rings. The molecule has 0 radical (unpaired) electrons. The summed E-state index contributed by atoms with van der Waals surface area (Å²) in [5.74, 6) is 1.60. The summed E-state index contributed by atoms with van der Waals surface area (Å²) in [7, 11) is -1.77. The van der Waals surface area contributed by atoms with Crippen molar-refractivity contribution in [2.45, 2.75) is 18.6 Å². The lowest BCUT2D eigenvalue weighted by atomic mass is 10.0. The first-order chi connectivity index (χ1) is 14.8. The first-order valence-corrected chi connectivity index (χ1v) is 12.0. The number of rotatable bonds is 4. The van der Waals surface area contributed by atoms with Crippen molar-refractivity contribution < 1.29 is 27.4 Å². The van der Waals surface area contributed by atoms with Crippen LogP contribution in [0.25, 0.3) is 0 Å². The van der Waals surface area contributed by atoms with Crippen molar-refractivity contribution in [3.05, 3.63) is 47.0 Å². The van der Waals surface area contributed by atoms with Crippen molar-refractivity contribution in [3.8, 4) is 17.2 Å². The molecule has 164 valence electrons. The molecule has 2 aromatic carbocycles. The average Bonchev–Trinajstić information content (AvgIpc) is 3.31. The first kappa shape index (κ1) is 20.4. The number of sulfone groups is 1. The number of benzene rings is 2. The van der Waals surface area contributed by atoms with Gasteiger partial charge in [-0.05, 0) is 35.9 Å². The van der Waals surface area contributed by atoms with Crippen LogP contribution < -0.4 is 19.1 Å². The SMILES string of the molecule is COc1ccc(N2C(=O)CN(Cc3ccc4c(c3)OCO4)[C@@H]3CS(=O)(=O)C[C@H]32)cc1Cl. The summed E-state index contributed by atoms with van der Waals surface area (Å²) in [6.07, 6.45) is 0. The fourth-order valence-electron chi connectivity index (χ4n) is 4.55. The summed E-state index contributed by atoms with van der Waals surface area (Å²) in [5.41, 5.74) is 1.51. The van der Waals surface area contributed by atoms with Crippen molar-refractivity contribution in [2.75, 3.05) is 36.9 Å². The van der Waals surface area contributed by atoms with Gasteiger partial charge in [0.05, 0.1) is 36.2 Å². The number of hydrogen-bond acceptors (Lipinski definition) is 7. The molecular weight excluding hydrogens is 444 g/mol. The maximum Gasteiger partial charge on any atom is 0.241 e. The highest BCUT2D eigenvalue weighted by Gasteiger charge is 2.49. The lowest BCUT2D eigenvalue weighted by Gasteiger charge is -2.43. The zero-order valence-electron chi connectivity index (χ0n) is 16.8. The molecule has 0 N–H and O–H groups in total. The molecule has 5 rings (SSSR count). The number of piperazine rings is 1. The van der Waals surface area contributed by atoms with Crippen LogP contribution in [-0.2, 0) is 21.2 Å². The highest BCUT2D eigenvalue weighted by atomic mass is 35.5. The van der Waals surface area contributed by atoms with Crippen LogP contribution in [0.1, 0.15) is 5.56 Å². The number of carbonyl (C=O) groups excluding carboxylic acids is 1. The smallest absolute Gasteiger partial charge is 0.241 e. The van der Waals surface area contributed by atoms with E-state index >= 15 is 0 Å². The van der Waals surface area contributed by atoms with Crippen molar-refractivity contribution >= 4 is 33.0 Å². The molecule has 3 heterocycles. The summed E-state index contributed by atoms with van der Waals surface area (Å²) in [4.78, 5) is 16.7. The monoisotopic (exact) mass is 464 g/mol. The third-order valence-corrected chi connectivity index (χ3v) is 7.93. The van der Waals surface area contributed by atoms with Crippen LogP contribution in [0.5, 0.6) is 17.2 Å². The molecule has 3 aliphatic heterocycles. The third kappa shape index (κ3) is 3.71. The van der Waals surface area contributed by atoms with Gasteiger partial charge in [-0.25, -0.2) is 8.42 Å². The van der Waals surface area contributed by atoms with Gasteiger partial charge in [0.25, 0.3) is 0 Å². The topological polar surface area (TPSA) is 85.4 Å². The maximum absolute atomic E-state index is 13.2. The molecule has 0 spiro atoms. The van der Waals surface area contributed by atoms with E-state index in [-0.39, 0.29) is 36.8 Å². The Kier molecular flexibility index (Phi) is 4.99. The second kappa shape index (κ2) is 7.58. The van der Waals surface area contributed by atoms with E-state index in [4.69, 9.17) is 25.8 Å². The number of anilines is 1. The van der Waals surface area contributed by atoms with Crippen molar-refractivity contribution in [3.63, 3.8) is 0 Å². The number of carbonyl (C=O) groups is 1. The van der Waals surface area contributed by atoms with Crippen LogP contribution in [-0.4, -0.2) is 63.3 Å².